The van der Waals surface area contributed by atoms with Crippen LogP contribution in [0.25, 0.3) is 11.3 Å². The molecule has 0 unspecified atom stereocenters. The van der Waals surface area contributed by atoms with Crippen LogP contribution in [0.15, 0.2) is 52.3 Å². The van der Waals surface area contributed by atoms with Crippen molar-refractivity contribution in [2.45, 2.75) is 0 Å². The van der Waals surface area contributed by atoms with Gasteiger partial charge in [0.2, 0.25) is 0 Å². The number of rotatable bonds is 5. The van der Waals surface area contributed by atoms with E-state index in [-0.39, 0.29) is 11.0 Å². The number of aromatic nitrogens is 1. The van der Waals surface area contributed by atoms with Crippen molar-refractivity contribution < 1.29 is 14.3 Å². The van der Waals surface area contributed by atoms with Gasteiger partial charge in [-0.1, -0.05) is 15.9 Å². The Labute approximate surface area is 180 Å². The number of halogens is 1. The van der Waals surface area contributed by atoms with Crippen molar-refractivity contribution in [2.75, 3.05) is 19.5 Å². The Morgan fingerprint density at radius 2 is 1.89 bits per heavy atom. The third kappa shape index (κ3) is 4.86. The predicted molar refractivity (Wildman–Crippen MR) is 118 cm³/mol. The summed E-state index contributed by atoms with van der Waals surface area (Å²) in [6.07, 6.45) is 0. The molecule has 0 radical (unpaired) electrons. The average Bonchev–Trinajstić information content (AvgIpc) is 3.16. The maximum Gasteiger partial charge on any atom is 0.261 e. The number of anilines is 1. The first-order chi connectivity index (χ1) is 13.5. The summed E-state index contributed by atoms with van der Waals surface area (Å²) >= 11 is 9.98. The number of ether oxygens (including phenoxy) is 2. The highest BCUT2D eigenvalue weighted by molar-refractivity contribution is 9.10. The summed E-state index contributed by atoms with van der Waals surface area (Å²) in [7, 11) is 3.13. The molecular formula is C19H16BrN3O3S2. The highest BCUT2D eigenvalue weighted by Crippen LogP contribution is 2.27. The molecule has 1 aromatic heterocycles. The molecule has 0 fully saturated rings. The quantitative estimate of drug-likeness (QED) is 0.518. The average molecular weight is 478 g/mol. The van der Waals surface area contributed by atoms with E-state index in [2.05, 4.69) is 31.5 Å². The SMILES string of the molecule is COc1ccc(-c2csc(NC(=S)NC(=O)c3cc(Br)ccc3OC)n2)cc1. The zero-order valence-corrected chi connectivity index (χ0v) is 18.2. The minimum Gasteiger partial charge on any atom is -0.497 e. The topological polar surface area (TPSA) is 72.5 Å². The molecule has 2 N–H and O–H groups in total. The number of benzene rings is 2. The molecule has 0 spiro atoms. The number of amides is 1. The Morgan fingerprint density at radius 1 is 1.14 bits per heavy atom. The normalized spacial score (nSPS) is 10.2. The molecule has 0 aliphatic rings. The first-order valence-electron chi connectivity index (χ1n) is 8.06. The zero-order valence-electron chi connectivity index (χ0n) is 15.0. The van der Waals surface area contributed by atoms with E-state index >= 15 is 0 Å². The number of carbonyl (C=O) groups excluding carboxylic acids is 1. The van der Waals surface area contributed by atoms with E-state index in [4.69, 9.17) is 21.7 Å². The van der Waals surface area contributed by atoms with Gasteiger partial charge in [0.15, 0.2) is 10.2 Å². The minimum atomic E-state index is -0.373. The Kier molecular flexibility index (Phi) is 6.61. The van der Waals surface area contributed by atoms with Crippen molar-refractivity contribution in [1.29, 1.82) is 0 Å². The lowest BCUT2D eigenvalue weighted by Crippen LogP contribution is -2.34. The fraction of sp³-hybridized carbons (Fsp3) is 0.105. The first-order valence-corrected chi connectivity index (χ1v) is 10.1. The second kappa shape index (κ2) is 9.13. The predicted octanol–water partition coefficient (Wildman–Crippen LogP) is 4.72. The number of methoxy groups -OCH3 is 2. The monoisotopic (exact) mass is 477 g/mol. The molecule has 0 bridgehead atoms. The molecule has 144 valence electrons. The highest BCUT2D eigenvalue weighted by atomic mass is 79.9. The molecule has 2 aromatic carbocycles. The molecule has 9 heteroatoms. The number of nitrogens with zero attached hydrogens (tertiary/aromatic N) is 1. The van der Waals surface area contributed by atoms with E-state index in [1.807, 2.05) is 29.6 Å². The molecule has 1 amide bonds. The van der Waals surface area contributed by atoms with E-state index in [0.717, 1.165) is 21.5 Å². The van der Waals surface area contributed by atoms with Crippen LogP contribution >= 0.6 is 39.5 Å². The smallest absolute Gasteiger partial charge is 0.261 e. The first kappa shape index (κ1) is 20.2. The third-order valence-electron chi connectivity index (χ3n) is 3.74. The number of nitrogens with one attached hydrogen (secondary N) is 2. The van der Waals surface area contributed by atoms with Crippen LogP contribution < -0.4 is 20.1 Å². The van der Waals surface area contributed by atoms with Gasteiger partial charge in [0.25, 0.3) is 5.91 Å². The lowest BCUT2D eigenvalue weighted by atomic mass is 10.2. The Hall–Kier alpha value is -2.49. The Morgan fingerprint density at radius 3 is 2.57 bits per heavy atom. The molecule has 28 heavy (non-hydrogen) atoms. The maximum atomic E-state index is 12.5. The largest absolute Gasteiger partial charge is 0.497 e. The van der Waals surface area contributed by atoms with Gasteiger partial charge in [0.1, 0.15) is 11.5 Å². The Balaban J connectivity index is 1.66. The van der Waals surface area contributed by atoms with Gasteiger partial charge < -0.3 is 14.8 Å². The van der Waals surface area contributed by atoms with Gasteiger partial charge in [-0.15, -0.1) is 11.3 Å². The molecule has 0 saturated carbocycles. The van der Waals surface area contributed by atoms with Crippen molar-refractivity contribution in [2.24, 2.45) is 0 Å². The van der Waals surface area contributed by atoms with Crippen LogP contribution in [0, 0.1) is 0 Å². The Bertz CT molecular complexity index is 1010. The second-order valence-electron chi connectivity index (χ2n) is 5.52. The number of thiazole rings is 1. The van der Waals surface area contributed by atoms with Crippen molar-refractivity contribution in [3.8, 4) is 22.8 Å². The summed E-state index contributed by atoms with van der Waals surface area (Å²) in [5, 5.41) is 8.22. The van der Waals surface area contributed by atoms with Gasteiger partial charge in [-0.3, -0.25) is 10.1 Å². The molecule has 6 nitrogen and oxygen atoms in total. The summed E-state index contributed by atoms with van der Waals surface area (Å²) in [6, 6.07) is 12.8. The van der Waals surface area contributed by atoms with Gasteiger partial charge in [-0.2, -0.15) is 0 Å². The number of carbonyl (C=O) groups is 1. The van der Waals surface area contributed by atoms with E-state index in [1.54, 1.807) is 25.3 Å². The van der Waals surface area contributed by atoms with Crippen molar-refractivity contribution in [3.63, 3.8) is 0 Å². The summed E-state index contributed by atoms with van der Waals surface area (Å²) in [4.78, 5) is 17.0. The lowest BCUT2D eigenvalue weighted by molar-refractivity contribution is 0.0974. The van der Waals surface area contributed by atoms with Crippen molar-refractivity contribution in [3.05, 3.63) is 57.9 Å². The van der Waals surface area contributed by atoms with Gasteiger partial charge >= 0.3 is 0 Å². The van der Waals surface area contributed by atoms with Crippen LogP contribution in [0.1, 0.15) is 10.4 Å². The van der Waals surface area contributed by atoms with Crippen LogP contribution in [0.5, 0.6) is 11.5 Å². The molecule has 0 atom stereocenters. The van der Waals surface area contributed by atoms with E-state index in [9.17, 15) is 4.79 Å². The number of hydrogen-bond donors (Lipinski definition) is 2. The van der Waals surface area contributed by atoms with Crippen LogP contribution in [0.3, 0.4) is 0 Å². The lowest BCUT2D eigenvalue weighted by Gasteiger charge is -2.10. The summed E-state index contributed by atoms with van der Waals surface area (Å²) in [5.74, 6) is 0.867. The van der Waals surface area contributed by atoms with E-state index in [1.165, 1.54) is 18.4 Å². The maximum absolute atomic E-state index is 12.5. The second-order valence-corrected chi connectivity index (χ2v) is 7.70. The molecule has 0 aliphatic carbocycles. The molecule has 3 rings (SSSR count). The highest BCUT2D eigenvalue weighted by Gasteiger charge is 2.15. The molecular weight excluding hydrogens is 462 g/mol. The van der Waals surface area contributed by atoms with Crippen molar-refractivity contribution in [1.82, 2.24) is 10.3 Å². The molecule has 1 heterocycles. The van der Waals surface area contributed by atoms with Gasteiger partial charge in [0.05, 0.1) is 25.5 Å². The molecule has 0 saturated heterocycles. The van der Waals surface area contributed by atoms with Crippen LogP contribution in [-0.2, 0) is 0 Å². The van der Waals surface area contributed by atoms with Crippen molar-refractivity contribution >= 4 is 55.6 Å². The molecule has 3 aromatic rings. The van der Waals surface area contributed by atoms with E-state index < -0.39 is 0 Å². The summed E-state index contributed by atoms with van der Waals surface area (Å²) < 4.78 is 11.2. The van der Waals surface area contributed by atoms with Gasteiger partial charge in [0, 0.05) is 15.4 Å². The summed E-state index contributed by atoms with van der Waals surface area (Å²) in [5.41, 5.74) is 2.14. The summed E-state index contributed by atoms with van der Waals surface area (Å²) in [6.45, 7) is 0. The van der Waals surface area contributed by atoms with Gasteiger partial charge in [-0.25, -0.2) is 4.98 Å². The van der Waals surface area contributed by atoms with E-state index in [0.29, 0.717) is 16.4 Å². The number of hydrogen-bond acceptors (Lipinski definition) is 6. The van der Waals surface area contributed by atoms with Crippen LogP contribution in [0.4, 0.5) is 5.13 Å². The zero-order chi connectivity index (χ0) is 20.1. The fourth-order valence-electron chi connectivity index (χ4n) is 2.38. The number of thiocarbonyl (C=S) groups is 1. The van der Waals surface area contributed by atoms with Gasteiger partial charge in [-0.05, 0) is 54.7 Å². The minimum absolute atomic E-state index is 0.155. The standard InChI is InChI=1S/C19H16BrN3O3S2/c1-25-13-6-3-11(4-7-13)15-10-28-19(21-15)23-18(27)22-17(24)14-9-12(20)5-8-16(14)26-2/h3-10H,1-2H3,(H2,21,22,23,24,27). The van der Waals surface area contributed by atoms with Crippen LogP contribution in [-0.4, -0.2) is 30.2 Å². The van der Waals surface area contributed by atoms with Crippen LogP contribution in [0.2, 0.25) is 0 Å². The third-order valence-corrected chi connectivity index (χ3v) is 5.20. The molecule has 0 aliphatic heterocycles. The fourth-order valence-corrected chi connectivity index (χ4v) is 3.72.